The molecule has 17 heavy (non-hydrogen) atoms. The maximum absolute atomic E-state index is 12.2. The van der Waals surface area contributed by atoms with Gasteiger partial charge in [-0.05, 0) is 25.7 Å². The standard InChI is InChI=1S/C11H18N2O3S/c1-7-13(9(6-17-7)10(14)15)11(16)12(2)5-8-3-4-8/h7-9H,3-6H2,1-2H3,(H,14,15). The number of hydrogen-bond acceptors (Lipinski definition) is 3. The third-order valence-electron chi connectivity index (χ3n) is 3.28. The average Bonchev–Trinajstić information content (AvgIpc) is 2.98. The zero-order valence-corrected chi connectivity index (χ0v) is 10.9. The molecule has 0 bridgehead atoms. The minimum Gasteiger partial charge on any atom is -0.480 e. The summed E-state index contributed by atoms with van der Waals surface area (Å²) in [6.45, 7) is 2.63. The molecule has 1 aliphatic carbocycles. The van der Waals surface area contributed by atoms with Gasteiger partial charge in [0.15, 0.2) is 0 Å². The van der Waals surface area contributed by atoms with Gasteiger partial charge in [0, 0.05) is 19.3 Å². The van der Waals surface area contributed by atoms with Crippen molar-refractivity contribution in [1.82, 2.24) is 9.80 Å². The first kappa shape index (κ1) is 12.5. The van der Waals surface area contributed by atoms with Gasteiger partial charge >= 0.3 is 12.0 Å². The fourth-order valence-corrected chi connectivity index (χ4v) is 3.25. The minimum absolute atomic E-state index is 0.0507. The predicted octanol–water partition coefficient (Wildman–Crippen LogP) is 1.30. The van der Waals surface area contributed by atoms with E-state index in [1.807, 2.05) is 6.92 Å². The number of aliphatic carboxylic acids is 1. The Balaban J connectivity index is 2.01. The number of carboxylic acid groups (broad SMARTS) is 1. The molecule has 2 aliphatic rings. The molecule has 2 fully saturated rings. The summed E-state index contributed by atoms with van der Waals surface area (Å²) >= 11 is 1.52. The van der Waals surface area contributed by atoms with Gasteiger partial charge in [0.25, 0.3) is 0 Å². The molecular weight excluding hydrogens is 240 g/mol. The number of carbonyl (C=O) groups excluding carboxylic acids is 1. The van der Waals surface area contributed by atoms with Gasteiger partial charge in [0.2, 0.25) is 0 Å². The van der Waals surface area contributed by atoms with E-state index < -0.39 is 12.0 Å². The van der Waals surface area contributed by atoms with Gasteiger partial charge < -0.3 is 10.0 Å². The maximum atomic E-state index is 12.2. The molecule has 5 nitrogen and oxygen atoms in total. The van der Waals surface area contributed by atoms with Crippen molar-refractivity contribution in [2.75, 3.05) is 19.3 Å². The lowest BCUT2D eigenvalue weighted by Crippen LogP contribution is -2.50. The van der Waals surface area contributed by atoms with Gasteiger partial charge in [-0.1, -0.05) is 0 Å². The Bertz CT molecular complexity index is 333. The van der Waals surface area contributed by atoms with Crippen LogP contribution in [0.25, 0.3) is 0 Å². The van der Waals surface area contributed by atoms with Crippen molar-refractivity contribution in [3.63, 3.8) is 0 Å². The van der Waals surface area contributed by atoms with E-state index in [-0.39, 0.29) is 11.4 Å². The topological polar surface area (TPSA) is 60.9 Å². The summed E-state index contributed by atoms with van der Waals surface area (Å²) in [5.74, 6) is 0.201. The molecule has 2 atom stereocenters. The summed E-state index contributed by atoms with van der Waals surface area (Å²) in [4.78, 5) is 26.5. The molecular formula is C11H18N2O3S. The van der Waals surface area contributed by atoms with Crippen molar-refractivity contribution in [3.8, 4) is 0 Å². The fraction of sp³-hybridized carbons (Fsp3) is 0.818. The van der Waals surface area contributed by atoms with Crippen molar-refractivity contribution >= 4 is 23.8 Å². The van der Waals surface area contributed by atoms with Crippen LogP contribution in [0.5, 0.6) is 0 Å². The van der Waals surface area contributed by atoms with Crippen LogP contribution in [0.3, 0.4) is 0 Å². The van der Waals surface area contributed by atoms with Gasteiger partial charge in [0.1, 0.15) is 6.04 Å². The van der Waals surface area contributed by atoms with E-state index in [9.17, 15) is 9.59 Å². The minimum atomic E-state index is -0.907. The molecule has 0 aromatic rings. The van der Waals surface area contributed by atoms with E-state index in [0.29, 0.717) is 11.7 Å². The Morgan fingerprint density at radius 3 is 2.65 bits per heavy atom. The summed E-state index contributed by atoms with van der Waals surface area (Å²) in [5, 5.41) is 9.05. The summed E-state index contributed by atoms with van der Waals surface area (Å²) in [6, 6.07) is -0.828. The SMILES string of the molecule is CC1SCC(C(=O)O)N1C(=O)N(C)CC1CC1. The Morgan fingerprint density at radius 2 is 2.12 bits per heavy atom. The average molecular weight is 258 g/mol. The second-order valence-corrected chi connectivity index (χ2v) is 6.15. The van der Waals surface area contributed by atoms with Gasteiger partial charge in [-0.3, -0.25) is 4.90 Å². The number of amides is 2. The number of carbonyl (C=O) groups is 2. The zero-order valence-electron chi connectivity index (χ0n) is 10.1. The van der Waals surface area contributed by atoms with Crippen LogP contribution in [-0.4, -0.2) is 57.7 Å². The predicted molar refractivity (Wildman–Crippen MR) is 65.9 cm³/mol. The van der Waals surface area contributed by atoms with Gasteiger partial charge in [-0.2, -0.15) is 0 Å². The second-order valence-electron chi connectivity index (χ2n) is 4.80. The smallest absolute Gasteiger partial charge is 0.327 e. The molecule has 2 unspecified atom stereocenters. The van der Waals surface area contributed by atoms with E-state index in [2.05, 4.69) is 0 Å². The van der Waals surface area contributed by atoms with Gasteiger partial charge in [-0.15, -0.1) is 11.8 Å². The molecule has 2 rings (SSSR count). The highest BCUT2D eigenvalue weighted by molar-refractivity contribution is 8.00. The Labute approximate surface area is 105 Å². The first-order chi connectivity index (χ1) is 8.00. The molecule has 0 spiro atoms. The van der Waals surface area contributed by atoms with Crippen LogP contribution in [0.15, 0.2) is 0 Å². The molecule has 96 valence electrons. The summed E-state index contributed by atoms with van der Waals surface area (Å²) < 4.78 is 0. The Kier molecular flexibility index (Phi) is 3.51. The largest absolute Gasteiger partial charge is 0.480 e. The van der Waals surface area contributed by atoms with Crippen molar-refractivity contribution < 1.29 is 14.7 Å². The molecule has 0 radical (unpaired) electrons. The third-order valence-corrected chi connectivity index (χ3v) is 4.50. The van der Waals surface area contributed by atoms with Crippen LogP contribution in [0.4, 0.5) is 4.79 Å². The van der Waals surface area contributed by atoms with Crippen molar-refractivity contribution in [3.05, 3.63) is 0 Å². The molecule has 6 heteroatoms. The lowest BCUT2D eigenvalue weighted by atomic mass is 10.3. The highest BCUT2D eigenvalue weighted by atomic mass is 32.2. The highest BCUT2D eigenvalue weighted by Crippen LogP contribution is 2.32. The number of carboxylic acids is 1. The Morgan fingerprint density at radius 1 is 1.47 bits per heavy atom. The number of thioether (sulfide) groups is 1. The van der Waals surface area contributed by atoms with Crippen molar-refractivity contribution in [2.24, 2.45) is 5.92 Å². The van der Waals surface area contributed by atoms with Crippen LogP contribution < -0.4 is 0 Å². The molecule has 1 heterocycles. The monoisotopic (exact) mass is 258 g/mol. The number of rotatable bonds is 3. The lowest BCUT2D eigenvalue weighted by molar-refractivity contribution is -0.141. The van der Waals surface area contributed by atoms with E-state index in [0.717, 1.165) is 6.54 Å². The summed E-state index contributed by atoms with van der Waals surface area (Å²) in [7, 11) is 1.76. The van der Waals surface area contributed by atoms with E-state index >= 15 is 0 Å². The van der Waals surface area contributed by atoms with Crippen LogP contribution in [0.2, 0.25) is 0 Å². The van der Waals surface area contributed by atoms with Gasteiger partial charge in [-0.25, -0.2) is 9.59 Å². The molecule has 1 saturated carbocycles. The van der Waals surface area contributed by atoms with Crippen LogP contribution >= 0.6 is 11.8 Å². The number of urea groups is 1. The van der Waals surface area contributed by atoms with E-state index in [1.165, 1.54) is 29.5 Å². The summed E-state index contributed by atoms with van der Waals surface area (Å²) in [5.41, 5.74) is 0. The zero-order chi connectivity index (χ0) is 12.6. The van der Waals surface area contributed by atoms with Crippen molar-refractivity contribution in [1.29, 1.82) is 0 Å². The fourth-order valence-electron chi connectivity index (χ4n) is 2.09. The first-order valence-corrected chi connectivity index (χ1v) is 6.93. The van der Waals surface area contributed by atoms with Crippen molar-refractivity contribution in [2.45, 2.75) is 31.2 Å². The Hall–Kier alpha value is -0.910. The molecule has 1 N–H and O–H groups in total. The molecule has 0 aromatic carbocycles. The van der Waals surface area contributed by atoms with E-state index in [4.69, 9.17) is 5.11 Å². The van der Waals surface area contributed by atoms with Crippen LogP contribution in [0, 0.1) is 5.92 Å². The maximum Gasteiger partial charge on any atom is 0.327 e. The lowest BCUT2D eigenvalue weighted by Gasteiger charge is -2.30. The van der Waals surface area contributed by atoms with Crippen LogP contribution in [-0.2, 0) is 4.79 Å². The van der Waals surface area contributed by atoms with Crippen LogP contribution in [0.1, 0.15) is 19.8 Å². The molecule has 1 saturated heterocycles. The first-order valence-electron chi connectivity index (χ1n) is 5.88. The normalized spacial score (nSPS) is 28.2. The molecule has 0 aromatic heterocycles. The third kappa shape index (κ3) is 2.68. The summed E-state index contributed by atoms with van der Waals surface area (Å²) in [6.07, 6.45) is 2.37. The van der Waals surface area contributed by atoms with Gasteiger partial charge in [0.05, 0.1) is 5.37 Å². The number of nitrogens with zero attached hydrogens (tertiary/aromatic N) is 2. The molecule has 2 amide bonds. The quantitative estimate of drug-likeness (QED) is 0.829. The number of hydrogen-bond donors (Lipinski definition) is 1. The highest BCUT2D eigenvalue weighted by Gasteiger charge is 2.41. The molecule has 1 aliphatic heterocycles. The van der Waals surface area contributed by atoms with E-state index in [1.54, 1.807) is 11.9 Å². The second kappa shape index (κ2) is 4.76.